The lowest BCUT2D eigenvalue weighted by Gasteiger charge is -2.25. The molecule has 80 valence electrons. The smallest absolute Gasteiger partial charge is 0.217 e. The van der Waals surface area contributed by atoms with Crippen LogP contribution < -0.4 is 5.32 Å². The topological polar surface area (TPSA) is 29.1 Å². The minimum atomic E-state index is 0.153. The van der Waals surface area contributed by atoms with Crippen molar-refractivity contribution in [2.24, 2.45) is 11.8 Å². The van der Waals surface area contributed by atoms with E-state index in [1.807, 2.05) is 0 Å². The molecule has 0 unspecified atom stereocenters. The fraction of sp³-hybridized carbons (Fsp3) is 0.917. The van der Waals surface area contributed by atoms with Crippen molar-refractivity contribution in [2.45, 2.75) is 57.9 Å². The standard InChI is InChI=1S/C12H21NO/c1-9(14)13-12-8-4-7-11(12)10-5-2-3-6-10/h10-12H,2-8H2,1H3,(H,13,14)/t11-,12-/m1/s1. The van der Waals surface area contributed by atoms with Gasteiger partial charge in [-0.1, -0.05) is 32.1 Å². The van der Waals surface area contributed by atoms with Crippen LogP contribution in [0.2, 0.25) is 0 Å². The molecule has 0 aromatic carbocycles. The maximum atomic E-state index is 11.0. The van der Waals surface area contributed by atoms with Crippen molar-refractivity contribution in [3.05, 3.63) is 0 Å². The summed E-state index contributed by atoms with van der Waals surface area (Å²) >= 11 is 0. The highest BCUT2D eigenvalue weighted by atomic mass is 16.1. The van der Waals surface area contributed by atoms with Crippen molar-refractivity contribution in [1.29, 1.82) is 0 Å². The van der Waals surface area contributed by atoms with Crippen LogP contribution >= 0.6 is 0 Å². The van der Waals surface area contributed by atoms with E-state index in [9.17, 15) is 4.79 Å². The highest BCUT2D eigenvalue weighted by Gasteiger charge is 2.35. The Morgan fingerprint density at radius 3 is 2.43 bits per heavy atom. The lowest BCUT2D eigenvalue weighted by molar-refractivity contribution is -0.120. The van der Waals surface area contributed by atoms with Crippen LogP contribution in [0.25, 0.3) is 0 Å². The summed E-state index contributed by atoms with van der Waals surface area (Å²) in [7, 11) is 0. The third kappa shape index (κ3) is 2.10. The van der Waals surface area contributed by atoms with Gasteiger partial charge in [-0.3, -0.25) is 4.79 Å². The predicted octanol–water partition coefficient (Wildman–Crippen LogP) is 2.48. The zero-order valence-electron chi connectivity index (χ0n) is 9.09. The summed E-state index contributed by atoms with van der Waals surface area (Å²) in [5, 5.41) is 3.13. The van der Waals surface area contributed by atoms with Crippen molar-refractivity contribution in [2.75, 3.05) is 0 Å². The minimum absolute atomic E-state index is 0.153. The maximum absolute atomic E-state index is 11.0. The van der Waals surface area contributed by atoms with Gasteiger partial charge >= 0.3 is 0 Å². The third-order valence-electron chi connectivity index (χ3n) is 3.96. The number of hydrogen-bond acceptors (Lipinski definition) is 1. The van der Waals surface area contributed by atoms with Gasteiger partial charge in [0.1, 0.15) is 0 Å². The van der Waals surface area contributed by atoms with Crippen LogP contribution in [-0.4, -0.2) is 11.9 Å². The number of nitrogens with one attached hydrogen (secondary N) is 1. The van der Waals surface area contributed by atoms with Gasteiger partial charge in [-0.15, -0.1) is 0 Å². The van der Waals surface area contributed by atoms with Crippen LogP contribution in [-0.2, 0) is 4.79 Å². The Morgan fingerprint density at radius 1 is 1.07 bits per heavy atom. The number of rotatable bonds is 2. The maximum Gasteiger partial charge on any atom is 0.217 e. The Labute approximate surface area is 86.5 Å². The van der Waals surface area contributed by atoms with E-state index in [2.05, 4.69) is 5.32 Å². The molecule has 0 saturated heterocycles. The zero-order valence-corrected chi connectivity index (χ0v) is 9.09. The van der Waals surface area contributed by atoms with Crippen LogP contribution in [0, 0.1) is 11.8 Å². The average molecular weight is 195 g/mol. The summed E-state index contributed by atoms with van der Waals surface area (Å²) in [6.45, 7) is 1.64. The van der Waals surface area contributed by atoms with Gasteiger partial charge in [0.15, 0.2) is 0 Å². The molecule has 1 N–H and O–H groups in total. The van der Waals surface area contributed by atoms with Crippen molar-refractivity contribution in [3.63, 3.8) is 0 Å². The van der Waals surface area contributed by atoms with Crippen LogP contribution in [0.4, 0.5) is 0 Å². The summed E-state index contributed by atoms with van der Waals surface area (Å²) in [4.78, 5) is 11.0. The van der Waals surface area contributed by atoms with E-state index in [1.165, 1.54) is 44.9 Å². The normalized spacial score (nSPS) is 33.5. The zero-order chi connectivity index (χ0) is 9.97. The Kier molecular flexibility index (Phi) is 3.09. The average Bonchev–Trinajstić information content (AvgIpc) is 2.70. The van der Waals surface area contributed by atoms with Crippen LogP contribution in [0.1, 0.15) is 51.9 Å². The van der Waals surface area contributed by atoms with Gasteiger partial charge < -0.3 is 5.32 Å². The van der Waals surface area contributed by atoms with E-state index >= 15 is 0 Å². The molecule has 2 rings (SSSR count). The van der Waals surface area contributed by atoms with Gasteiger partial charge in [-0.05, 0) is 24.7 Å². The Hall–Kier alpha value is -0.530. The monoisotopic (exact) mass is 195 g/mol. The molecule has 0 aromatic heterocycles. The van der Waals surface area contributed by atoms with Crippen LogP contribution in [0.5, 0.6) is 0 Å². The molecule has 0 aliphatic heterocycles. The molecule has 2 aliphatic rings. The van der Waals surface area contributed by atoms with Gasteiger partial charge in [0, 0.05) is 13.0 Å². The summed E-state index contributed by atoms with van der Waals surface area (Å²) in [6.07, 6.45) is 9.49. The van der Waals surface area contributed by atoms with E-state index in [4.69, 9.17) is 0 Å². The molecule has 0 aromatic rings. The SMILES string of the molecule is CC(=O)N[C@@H]1CCC[C@@H]1C1CCCC1. The fourth-order valence-corrected chi connectivity index (χ4v) is 3.38. The molecule has 2 atom stereocenters. The van der Waals surface area contributed by atoms with Crippen molar-refractivity contribution in [3.8, 4) is 0 Å². The van der Waals surface area contributed by atoms with Gasteiger partial charge in [0.25, 0.3) is 0 Å². The Bertz CT molecular complexity index is 208. The van der Waals surface area contributed by atoms with Crippen LogP contribution in [0.15, 0.2) is 0 Å². The second-order valence-electron chi connectivity index (χ2n) is 4.95. The minimum Gasteiger partial charge on any atom is -0.353 e. The number of carbonyl (C=O) groups excluding carboxylic acids is 1. The van der Waals surface area contributed by atoms with Crippen molar-refractivity contribution < 1.29 is 4.79 Å². The Morgan fingerprint density at radius 2 is 1.79 bits per heavy atom. The van der Waals surface area contributed by atoms with Crippen molar-refractivity contribution >= 4 is 5.91 Å². The van der Waals surface area contributed by atoms with E-state index in [0.717, 1.165) is 11.8 Å². The second kappa shape index (κ2) is 4.33. The first-order chi connectivity index (χ1) is 6.77. The van der Waals surface area contributed by atoms with Crippen molar-refractivity contribution in [1.82, 2.24) is 5.32 Å². The molecule has 0 radical (unpaired) electrons. The quantitative estimate of drug-likeness (QED) is 0.720. The Balaban J connectivity index is 1.92. The van der Waals surface area contributed by atoms with Gasteiger partial charge in [0.05, 0.1) is 0 Å². The molecule has 0 bridgehead atoms. The first kappa shape index (κ1) is 10.0. The fourth-order valence-electron chi connectivity index (χ4n) is 3.38. The van der Waals surface area contributed by atoms with E-state index < -0.39 is 0 Å². The summed E-state index contributed by atoms with van der Waals surface area (Å²) in [6, 6.07) is 0.496. The van der Waals surface area contributed by atoms with Crippen LogP contribution in [0.3, 0.4) is 0 Å². The number of amides is 1. The lowest BCUT2D eigenvalue weighted by atomic mass is 9.87. The highest BCUT2D eigenvalue weighted by molar-refractivity contribution is 5.73. The molecule has 0 heterocycles. The first-order valence-corrected chi connectivity index (χ1v) is 6.04. The lowest BCUT2D eigenvalue weighted by Crippen LogP contribution is -2.38. The molecule has 2 saturated carbocycles. The summed E-state index contributed by atoms with van der Waals surface area (Å²) < 4.78 is 0. The first-order valence-electron chi connectivity index (χ1n) is 6.04. The second-order valence-corrected chi connectivity index (χ2v) is 4.95. The summed E-state index contributed by atoms with van der Waals surface area (Å²) in [5.74, 6) is 1.86. The largest absolute Gasteiger partial charge is 0.353 e. The molecule has 1 amide bonds. The predicted molar refractivity (Wildman–Crippen MR) is 56.9 cm³/mol. The molecule has 0 spiro atoms. The van der Waals surface area contributed by atoms with E-state index in [1.54, 1.807) is 6.92 Å². The highest BCUT2D eigenvalue weighted by Crippen LogP contribution is 2.40. The van der Waals surface area contributed by atoms with Gasteiger partial charge in [-0.25, -0.2) is 0 Å². The number of hydrogen-bond donors (Lipinski definition) is 1. The molecule has 2 fully saturated rings. The molecular weight excluding hydrogens is 174 g/mol. The molecule has 2 aliphatic carbocycles. The molecule has 2 nitrogen and oxygen atoms in total. The van der Waals surface area contributed by atoms with Gasteiger partial charge in [-0.2, -0.15) is 0 Å². The molecule has 2 heteroatoms. The summed E-state index contributed by atoms with van der Waals surface area (Å²) in [5.41, 5.74) is 0. The third-order valence-corrected chi connectivity index (χ3v) is 3.96. The van der Waals surface area contributed by atoms with E-state index in [-0.39, 0.29) is 5.91 Å². The van der Waals surface area contributed by atoms with Gasteiger partial charge in [0.2, 0.25) is 5.91 Å². The number of carbonyl (C=O) groups is 1. The molecular formula is C12H21NO. The molecule has 14 heavy (non-hydrogen) atoms. The van der Waals surface area contributed by atoms with E-state index in [0.29, 0.717) is 6.04 Å².